The van der Waals surface area contributed by atoms with Gasteiger partial charge in [-0.25, -0.2) is 5.48 Å². The van der Waals surface area contributed by atoms with Gasteiger partial charge in [0.05, 0.1) is 17.7 Å². The van der Waals surface area contributed by atoms with Crippen LogP contribution in [0.5, 0.6) is 0 Å². The third kappa shape index (κ3) is 2.96. The highest BCUT2D eigenvalue weighted by molar-refractivity contribution is 5.95. The third-order valence-electron chi connectivity index (χ3n) is 1.79. The number of hydroxylamine groups is 1. The number of benzene rings is 1. The molecule has 1 amide bonds. The fourth-order valence-electron chi connectivity index (χ4n) is 1.12. The van der Waals surface area contributed by atoms with E-state index in [0.29, 0.717) is 0 Å². The first-order chi connectivity index (χ1) is 7.46. The van der Waals surface area contributed by atoms with E-state index in [9.17, 15) is 18.0 Å². The lowest BCUT2D eigenvalue weighted by molar-refractivity contribution is -0.138. The predicted octanol–water partition coefficient (Wildman–Crippen LogP) is 2.39. The van der Waals surface area contributed by atoms with Gasteiger partial charge in [-0.2, -0.15) is 13.2 Å². The van der Waals surface area contributed by atoms with E-state index in [1.807, 2.05) is 5.48 Å². The van der Waals surface area contributed by atoms with E-state index < -0.39 is 23.2 Å². The Morgan fingerprint density at radius 1 is 1.38 bits per heavy atom. The van der Waals surface area contributed by atoms with Crippen molar-refractivity contribution in [2.45, 2.75) is 13.1 Å². The molecule has 0 fully saturated rings. The van der Waals surface area contributed by atoms with Crippen molar-refractivity contribution in [3.05, 3.63) is 35.4 Å². The maximum Gasteiger partial charge on any atom is 0.417 e. The van der Waals surface area contributed by atoms with Crippen LogP contribution in [0.15, 0.2) is 24.3 Å². The van der Waals surface area contributed by atoms with Crippen LogP contribution >= 0.6 is 0 Å². The van der Waals surface area contributed by atoms with Crippen molar-refractivity contribution in [3.63, 3.8) is 0 Å². The molecule has 6 heteroatoms. The molecule has 0 atom stereocenters. The third-order valence-corrected chi connectivity index (χ3v) is 1.79. The van der Waals surface area contributed by atoms with Crippen LogP contribution in [0.1, 0.15) is 22.8 Å². The second kappa shape index (κ2) is 4.98. The Balaban J connectivity index is 3.00. The SMILES string of the molecule is CCONC(=O)c1ccccc1C(F)(F)F. The van der Waals surface area contributed by atoms with Gasteiger partial charge >= 0.3 is 6.18 Å². The van der Waals surface area contributed by atoms with Crippen LogP contribution < -0.4 is 5.48 Å². The van der Waals surface area contributed by atoms with Crippen LogP contribution in [-0.2, 0) is 11.0 Å². The Morgan fingerprint density at radius 3 is 2.56 bits per heavy atom. The molecular formula is C10H10F3NO2. The van der Waals surface area contributed by atoms with Crippen LogP contribution in [0, 0.1) is 0 Å². The van der Waals surface area contributed by atoms with Gasteiger partial charge in [0, 0.05) is 0 Å². The number of nitrogens with one attached hydrogen (secondary N) is 1. The van der Waals surface area contributed by atoms with E-state index in [0.717, 1.165) is 12.1 Å². The van der Waals surface area contributed by atoms with Crippen molar-refractivity contribution in [2.75, 3.05) is 6.61 Å². The number of alkyl halides is 3. The first kappa shape index (κ1) is 12.5. The fourth-order valence-corrected chi connectivity index (χ4v) is 1.12. The molecular weight excluding hydrogens is 223 g/mol. The van der Waals surface area contributed by atoms with Crippen molar-refractivity contribution in [3.8, 4) is 0 Å². The normalized spacial score (nSPS) is 11.2. The molecule has 0 unspecified atom stereocenters. The summed E-state index contributed by atoms with van der Waals surface area (Å²) < 4.78 is 37.5. The zero-order valence-electron chi connectivity index (χ0n) is 8.47. The number of carbonyl (C=O) groups excluding carboxylic acids is 1. The Bertz CT molecular complexity index is 377. The van der Waals surface area contributed by atoms with Crippen LogP contribution in [0.25, 0.3) is 0 Å². The second-order valence-corrected chi connectivity index (χ2v) is 2.91. The van der Waals surface area contributed by atoms with Crippen molar-refractivity contribution >= 4 is 5.91 Å². The van der Waals surface area contributed by atoms with Crippen molar-refractivity contribution in [2.24, 2.45) is 0 Å². The van der Waals surface area contributed by atoms with Crippen LogP contribution in [0.2, 0.25) is 0 Å². The van der Waals surface area contributed by atoms with E-state index in [4.69, 9.17) is 0 Å². The highest BCUT2D eigenvalue weighted by Gasteiger charge is 2.34. The van der Waals surface area contributed by atoms with E-state index in [1.165, 1.54) is 12.1 Å². The van der Waals surface area contributed by atoms with E-state index >= 15 is 0 Å². The summed E-state index contributed by atoms with van der Waals surface area (Å²) in [4.78, 5) is 15.9. The predicted molar refractivity (Wildman–Crippen MR) is 50.5 cm³/mol. The molecule has 1 aromatic carbocycles. The maximum atomic E-state index is 12.5. The average molecular weight is 233 g/mol. The summed E-state index contributed by atoms with van der Waals surface area (Å²) in [6.45, 7) is 1.79. The zero-order chi connectivity index (χ0) is 12.2. The van der Waals surface area contributed by atoms with E-state index in [2.05, 4.69) is 4.84 Å². The van der Waals surface area contributed by atoms with Crippen molar-refractivity contribution < 1.29 is 22.8 Å². The summed E-state index contributed by atoms with van der Waals surface area (Å²) in [5.41, 5.74) is 0.488. The molecule has 0 saturated heterocycles. The Labute approximate surface area is 90.2 Å². The molecule has 0 heterocycles. The van der Waals surface area contributed by atoms with Crippen LogP contribution in [0.4, 0.5) is 13.2 Å². The fraction of sp³-hybridized carbons (Fsp3) is 0.300. The molecule has 1 N–H and O–H groups in total. The van der Waals surface area contributed by atoms with Gasteiger partial charge in [0.1, 0.15) is 0 Å². The zero-order valence-corrected chi connectivity index (χ0v) is 8.47. The molecule has 0 saturated carbocycles. The summed E-state index contributed by atoms with van der Waals surface area (Å²) in [5, 5.41) is 0. The van der Waals surface area contributed by atoms with Gasteiger partial charge in [0.2, 0.25) is 0 Å². The van der Waals surface area contributed by atoms with Crippen LogP contribution in [0.3, 0.4) is 0 Å². The summed E-state index contributed by atoms with van der Waals surface area (Å²) in [5.74, 6) is -0.908. The molecule has 1 aromatic rings. The minimum Gasteiger partial charge on any atom is -0.274 e. The van der Waals surface area contributed by atoms with Gasteiger partial charge in [-0.05, 0) is 19.1 Å². The molecule has 1 rings (SSSR count). The van der Waals surface area contributed by atoms with Gasteiger partial charge in [0.15, 0.2) is 0 Å². The molecule has 0 bridgehead atoms. The lowest BCUT2D eigenvalue weighted by Gasteiger charge is -2.11. The minimum atomic E-state index is -4.56. The largest absolute Gasteiger partial charge is 0.417 e. The van der Waals surface area contributed by atoms with Gasteiger partial charge in [-0.1, -0.05) is 12.1 Å². The molecule has 0 aromatic heterocycles. The van der Waals surface area contributed by atoms with Gasteiger partial charge in [0.25, 0.3) is 5.91 Å². The standard InChI is InChI=1S/C10H10F3NO2/c1-2-16-14-9(15)7-5-3-4-6-8(7)10(11,12)13/h3-6H,2H2,1H3,(H,14,15). The lowest BCUT2D eigenvalue weighted by atomic mass is 10.1. The summed E-state index contributed by atoms with van der Waals surface area (Å²) in [6.07, 6.45) is -4.56. The quantitative estimate of drug-likeness (QED) is 0.814. The maximum absolute atomic E-state index is 12.5. The summed E-state index contributed by atoms with van der Waals surface area (Å²) >= 11 is 0. The molecule has 0 spiro atoms. The highest BCUT2D eigenvalue weighted by Crippen LogP contribution is 2.31. The Kier molecular flexibility index (Phi) is 3.89. The highest BCUT2D eigenvalue weighted by atomic mass is 19.4. The summed E-state index contributed by atoms with van der Waals surface area (Å²) in [7, 11) is 0. The van der Waals surface area contributed by atoms with Crippen LogP contribution in [-0.4, -0.2) is 12.5 Å². The van der Waals surface area contributed by atoms with Crippen molar-refractivity contribution in [1.82, 2.24) is 5.48 Å². The van der Waals surface area contributed by atoms with Gasteiger partial charge in [-0.15, -0.1) is 0 Å². The number of halogens is 3. The second-order valence-electron chi connectivity index (χ2n) is 2.91. The number of hydrogen-bond acceptors (Lipinski definition) is 2. The van der Waals surface area contributed by atoms with Gasteiger partial charge in [-0.3, -0.25) is 9.63 Å². The molecule has 0 aliphatic carbocycles. The van der Waals surface area contributed by atoms with Crippen molar-refractivity contribution in [1.29, 1.82) is 0 Å². The summed E-state index contributed by atoms with van der Waals surface area (Å²) in [6, 6.07) is 4.52. The van der Waals surface area contributed by atoms with E-state index in [-0.39, 0.29) is 6.61 Å². The first-order valence-electron chi connectivity index (χ1n) is 4.55. The molecule has 3 nitrogen and oxygen atoms in total. The number of amides is 1. The number of hydrogen-bond donors (Lipinski definition) is 1. The molecule has 0 aliphatic rings. The number of carbonyl (C=O) groups is 1. The first-order valence-corrected chi connectivity index (χ1v) is 4.55. The smallest absolute Gasteiger partial charge is 0.274 e. The topological polar surface area (TPSA) is 38.3 Å². The lowest BCUT2D eigenvalue weighted by Crippen LogP contribution is -2.26. The molecule has 0 aliphatic heterocycles. The molecule has 0 radical (unpaired) electrons. The van der Waals surface area contributed by atoms with Gasteiger partial charge < -0.3 is 0 Å². The molecule has 88 valence electrons. The Morgan fingerprint density at radius 2 is 2.00 bits per heavy atom. The Hall–Kier alpha value is -1.56. The molecule has 16 heavy (non-hydrogen) atoms. The monoisotopic (exact) mass is 233 g/mol. The minimum absolute atomic E-state index is 0.180. The van der Waals surface area contributed by atoms with E-state index in [1.54, 1.807) is 6.92 Å². The number of rotatable bonds is 3. The average Bonchev–Trinajstić information content (AvgIpc) is 2.24.